The highest BCUT2D eigenvalue weighted by Crippen LogP contribution is 2.14. The van der Waals surface area contributed by atoms with E-state index in [9.17, 15) is 13.2 Å². The van der Waals surface area contributed by atoms with Gasteiger partial charge in [-0.3, -0.25) is 4.68 Å². The van der Waals surface area contributed by atoms with Gasteiger partial charge in [0, 0.05) is 31.5 Å². The number of nitrogens with zero attached hydrogens (tertiary/aromatic N) is 2. The summed E-state index contributed by atoms with van der Waals surface area (Å²) in [5, 5.41) is 7.24. The molecule has 0 atom stereocenters. The largest absolute Gasteiger partial charge is 0.411 e. The zero-order chi connectivity index (χ0) is 13.6. The van der Waals surface area contributed by atoms with E-state index in [1.807, 2.05) is 14.0 Å². The molecule has 0 spiro atoms. The van der Waals surface area contributed by atoms with Gasteiger partial charge >= 0.3 is 6.18 Å². The van der Waals surface area contributed by atoms with E-state index in [1.54, 1.807) is 10.9 Å². The summed E-state index contributed by atoms with van der Waals surface area (Å²) in [5.41, 5.74) is 2.17. The number of aryl methyl sites for hydroxylation is 1. The van der Waals surface area contributed by atoms with E-state index in [4.69, 9.17) is 0 Å². The van der Waals surface area contributed by atoms with Gasteiger partial charge in [0.1, 0.15) is 6.61 Å². The van der Waals surface area contributed by atoms with Crippen LogP contribution < -0.4 is 5.32 Å². The van der Waals surface area contributed by atoms with Crippen LogP contribution in [0.5, 0.6) is 0 Å². The average molecular weight is 265 g/mol. The number of hydrogen-bond donors (Lipinski definition) is 1. The maximum Gasteiger partial charge on any atom is 0.411 e. The molecule has 0 aliphatic carbocycles. The number of nitrogens with one attached hydrogen (secondary N) is 1. The van der Waals surface area contributed by atoms with Crippen molar-refractivity contribution in [3.8, 4) is 0 Å². The van der Waals surface area contributed by atoms with Gasteiger partial charge in [-0.25, -0.2) is 0 Å². The first kappa shape index (κ1) is 15.0. The first-order valence-corrected chi connectivity index (χ1v) is 5.73. The minimum Gasteiger partial charge on any atom is -0.372 e. The molecule has 1 aromatic heterocycles. The van der Waals surface area contributed by atoms with E-state index in [1.165, 1.54) is 0 Å². The second-order valence-electron chi connectivity index (χ2n) is 4.08. The SMILES string of the molecule is Cc1c(CNCCCOCC(F)(F)F)cnn1C. The molecule has 18 heavy (non-hydrogen) atoms. The Bertz CT molecular complexity index is 363. The molecule has 1 N–H and O–H groups in total. The topological polar surface area (TPSA) is 39.1 Å². The number of rotatable bonds is 7. The van der Waals surface area contributed by atoms with Crippen LogP contribution in [0, 0.1) is 6.92 Å². The van der Waals surface area contributed by atoms with E-state index in [0.29, 0.717) is 19.5 Å². The van der Waals surface area contributed by atoms with Crippen LogP contribution in [0.3, 0.4) is 0 Å². The molecule has 1 aromatic rings. The summed E-state index contributed by atoms with van der Waals surface area (Å²) in [6.07, 6.45) is -1.90. The van der Waals surface area contributed by atoms with E-state index in [-0.39, 0.29) is 6.61 Å². The van der Waals surface area contributed by atoms with Crippen molar-refractivity contribution in [2.75, 3.05) is 19.8 Å². The highest BCUT2D eigenvalue weighted by molar-refractivity contribution is 5.15. The highest BCUT2D eigenvalue weighted by Gasteiger charge is 2.27. The summed E-state index contributed by atoms with van der Waals surface area (Å²) >= 11 is 0. The van der Waals surface area contributed by atoms with Crippen molar-refractivity contribution >= 4 is 0 Å². The lowest BCUT2D eigenvalue weighted by Gasteiger charge is -2.08. The summed E-state index contributed by atoms with van der Waals surface area (Å²) in [6.45, 7) is 2.19. The molecule has 0 bridgehead atoms. The van der Waals surface area contributed by atoms with Crippen molar-refractivity contribution in [2.24, 2.45) is 7.05 Å². The van der Waals surface area contributed by atoms with Crippen LogP contribution in [-0.2, 0) is 18.3 Å². The Kier molecular flexibility index (Phi) is 5.61. The maximum absolute atomic E-state index is 11.7. The quantitative estimate of drug-likeness (QED) is 0.764. The molecule has 0 unspecified atom stereocenters. The Labute approximate surface area is 104 Å². The predicted molar refractivity (Wildman–Crippen MR) is 61.1 cm³/mol. The van der Waals surface area contributed by atoms with Crippen molar-refractivity contribution in [2.45, 2.75) is 26.1 Å². The van der Waals surface area contributed by atoms with E-state index in [0.717, 1.165) is 11.3 Å². The van der Waals surface area contributed by atoms with Crippen molar-refractivity contribution in [3.05, 3.63) is 17.5 Å². The molecular formula is C11H18F3N3O. The number of aromatic nitrogens is 2. The Morgan fingerprint density at radius 3 is 2.72 bits per heavy atom. The molecule has 0 radical (unpaired) electrons. The Balaban J connectivity index is 2.04. The smallest absolute Gasteiger partial charge is 0.372 e. The molecule has 104 valence electrons. The van der Waals surface area contributed by atoms with Gasteiger partial charge in [-0.1, -0.05) is 0 Å². The van der Waals surface area contributed by atoms with Crippen molar-refractivity contribution in [1.29, 1.82) is 0 Å². The van der Waals surface area contributed by atoms with Gasteiger partial charge in [0.25, 0.3) is 0 Å². The summed E-state index contributed by atoms with van der Waals surface area (Å²) < 4.78 is 41.5. The lowest BCUT2D eigenvalue weighted by molar-refractivity contribution is -0.173. The molecule has 0 amide bonds. The van der Waals surface area contributed by atoms with Gasteiger partial charge in [0.15, 0.2) is 0 Å². The maximum atomic E-state index is 11.7. The lowest BCUT2D eigenvalue weighted by atomic mass is 10.2. The van der Waals surface area contributed by atoms with Crippen molar-refractivity contribution in [3.63, 3.8) is 0 Å². The molecule has 0 saturated heterocycles. The minimum absolute atomic E-state index is 0.110. The standard InChI is InChI=1S/C11H18F3N3O/c1-9-10(7-16-17(9)2)6-15-4-3-5-18-8-11(12,13)14/h7,15H,3-6,8H2,1-2H3. The van der Waals surface area contributed by atoms with Crippen LogP contribution in [0.1, 0.15) is 17.7 Å². The Hall–Kier alpha value is -1.08. The second-order valence-corrected chi connectivity index (χ2v) is 4.08. The molecule has 0 fully saturated rings. The number of ether oxygens (including phenoxy) is 1. The van der Waals surface area contributed by atoms with Gasteiger partial charge in [-0.05, 0) is 19.9 Å². The molecule has 4 nitrogen and oxygen atoms in total. The molecule has 1 heterocycles. The number of halogens is 3. The third-order valence-corrected chi connectivity index (χ3v) is 2.56. The third kappa shape index (κ3) is 5.50. The molecule has 0 aromatic carbocycles. The Morgan fingerprint density at radius 2 is 2.17 bits per heavy atom. The zero-order valence-electron chi connectivity index (χ0n) is 10.5. The van der Waals surface area contributed by atoms with Crippen molar-refractivity contribution < 1.29 is 17.9 Å². The molecular weight excluding hydrogens is 247 g/mol. The van der Waals surface area contributed by atoms with Gasteiger partial charge in [0.2, 0.25) is 0 Å². The second kappa shape index (κ2) is 6.75. The lowest BCUT2D eigenvalue weighted by Crippen LogP contribution is -2.20. The minimum atomic E-state index is -4.24. The Morgan fingerprint density at radius 1 is 1.44 bits per heavy atom. The van der Waals surface area contributed by atoms with Crippen LogP contribution in [0.25, 0.3) is 0 Å². The summed E-state index contributed by atoms with van der Waals surface area (Å²) in [4.78, 5) is 0. The molecule has 1 rings (SSSR count). The highest BCUT2D eigenvalue weighted by atomic mass is 19.4. The van der Waals surface area contributed by atoms with Gasteiger partial charge in [-0.2, -0.15) is 18.3 Å². The normalized spacial score (nSPS) is 12.1. The molecule has 0 aliphatic rings. The van der Waals surface area contributed by atoms with Crippen LogP contribution in [0.4, 0.5) is 13.2 Å². The monoisotopic (exact) mass is 265 g/mol. The fourth-order valence-corrected chi connectivity index (χ4v) is 1.43. The van der Waals surface area contributed by atoms with E-state index < -0.39 is 12.8 Å². The summed E-state index contributed by atoms with van der Waals surface area (Å²) in [5.74, 6) is 0. The van der Waals surface area contributed by atoms with Crippen molar-refractivity contribution in [1.82, 2.24) is 15.1 Å². The summed E-state index contributed by atoms with van der Waals surface area (Å²) in [7, 11) is 1.86. The van der Waals surface area contributed by atoms with E-state index >= 15 is 0 Å². The third-order valence-electron chi connectivity index (χ3n) is 2.56. The van der Waals surface area contributed by atoms with Crippen LogP contribution in [-0.4, -0.2) is 35.7 Å². The first-order chi connectivity index (χ1) is 8.40. The van der Waals surface area contributed by atoms with Gasteiger partial charge in [-0.15, -0.1) is 0 Å². The fraction of sp³-hybridized carbons (Fsp3) is 0.727. The molecule has 0 saturated carbocycles. The van der Waals surface area contributed by atoms with Gasteiger partial charge in [0.05, 0.1) is 6.20 Å². The zero-order valence-corrected chi connectivity index (χ0v) is 10.5. The van der Waals surface area contributed by atoms with Crippen LogP contribution in [0.15, 0.2) is 6.20 Å². The first-order valence-electron chi connectivity index (χ1n) is 5.73. The van der Waals surface area contributed by atoms with Crippen LogP contribution in [0.2, 0.25) is 0 Å². The number of hydrogen-bond acceptors (Lipinski definition) is 3. The van der Waals surface area contributed by atoms with Gasteiger partial charge < -0.3 is 10.1 Å². The predicted octanol–water partition coefficient (Wildman–Crippen LogP) is 1.79. The fourth-order valence-electron chi connectivity index (χ4n) is 1.43. The number of alkyl halides is 3. The summed E-state index contributed by atoms with van der Waals surface area (Å²) in [6, 6.07) is 0. The molecule has 7 heteroatoms. The van der Waals surface area contributed by atoms with Crippen LogP contribution >= 0.6 is 0 Å². The van der Waals surface area contributed by atoms with E-state index in [2.05, 4.69) is 15.2 Å². The molecule has 0 aliphatic heterocycles. The average Bonchev–Trinajstić information content (AvgIpc) is 2.58.